The van der Waals surface area contributed by atoms with Crippen LogP contribution in [0, 0.1) is 0 Å². The molecule has 0 spiro atoms. The maximum Gasteiger partial charge on any atom is 0.407 e. The summed E-state index contributed by atoms with van der Waals surface area (Å²) in [7, 11) is 0. The van der Waals surface area contributed by atoms with Crippen LogP contribution in [0.4, 0.5) is 4.79 Å². The van der Waals surface area contributed by atoms with E-state index >= 15 is 0 Å². The molecule has 0 saturated carbocycles. The Morgan fingerprint density at radius 2 is 1.60 bits per heavy atom. The monoisotopic (exact) mass is 470 g/mol. The fourth-order valence-electron chi connectivity index (χ4n) is 5.02. The van der Waals surface area contributed by atoms with Crippen molar-refractivity contribution in [1.29, 1.82) is 0 Å². The Kier molecular flexibility index (Phi) is 5.99. The molecule has 7 nitrogen and oxygen atoms in total. The number of amides is 2. The van der Waals surface area contributed by atoms with E-state index in [0.717, 1.165) is 33.4 Å². The average Bonchev–Trinajstić information content (AvgIpc) is 3.44. The fourth-order valence-corrected chi connectivity index (χ4v) is 5.02. The van der Waals surface area contributed by atoms with Gasteiger partial charge in [0.05, 0.1) is 5.56 Å². The topological polar surface area (TPSA) is 95.9 Å². The molecular weight excluding hydrogens is 444 g/mol. The number of aromatic carboxylic acids is 1. The Morgan fingerprint density at radius 1 is 0.971 bits per heavy atom. The summed E-state index contributed by atoms with van der Waals surface area (Å²) < 4.78 is 5.60. The third kappa shape index (κ3) is 4.25. The molecule has 1 aliphatic carbocycles. The van der Waals surface area contributed by atoms with Gasteiger partial charge < -0.3 is 20.1 Å². The first-order valence-corrected chi connectivity index (χ1v) is 11.7. The zero-order valence-electron chi connectivity index (χ0n) is 19.4. The number of rotatable bonds is 6. The van der Waals surface area contributed by atoms with E-state index in [9.17, 15) is 19.5 Å². The van der Waals surface area contributed by atoms with Crippen LogP contribution in [0.25, 0.3) is 11.1 Å². The van der Waals surface area contributed by atoms with Crippen molar-refractivity contribution in [2.45, 2.75) is 38.4 Å². The van der Waals surface area contributed by atoms with Gasteiger partial charge in [-0.1, -0.05) is 61.5 Å². The van der Waals surface area contributed by atoms with Crippen molar-refractivity contribution in [3.63, 3.8) is 0 Å². The van der Waals surface area contributed by atoms with E-state index in [4.69, 9.17) is 4.74 Å². The molecule has 3 aromatic rings. The zero-order chi connectivity index (χ0) is 24.5. The Labute approximate surface area is 203 Å². The van der Waals surface area contributed by atoms with Crippen molar-refractivity contribution < 1.29 is 24.2 Å². The average molecular weight is 471 g/mol. The Balaban J connectivity index is 1.22. The number of nitrogens with zero attached hydrogens (tertiary/aromatic N) is 1. The van der Waals surface area contributed by atoms with Crippen LogP contribution in [0.3, 0.4) is 0 Å². The molecular formula is C28H26N2O5. The van der Waals surface area contributed by atoms with E-state index < -0.39 is 18.1 Å². The highest BCUT2D eigenvalue weighted by Gasteiger charge is 2.32. The number of fused-ring (bicyclic) bond motifs is 4. The van der Waals surface area contributed by atoms with E-state index in [-0.39, 0.29) is 24.0 Å². The number of carboxylic acids is 1. The molecule has 2 aliphatic rings. The van der Waals surface area contributed by atoms with Crippen molar-refractivity contribution >= 4 is 18.0 Å². The Morgan fingerprint density at radius 3 is 2.23 bits per heavy atom. The van der Waals surface area contributed by atoms with Crippen molar-refractivity contribution in [3.05, 3.63) is 94.5 Å². The summed E-state index contributed by atoms with van der Waals surface area (Å²) >= 11 is 0. The molecule has 0 bridgehead atoms. The number of benzene rings is 3. The number of carboxylic acid groups (broad SMARTS) is 1. The zero-order valence-corrected chi connectivity index (χ0v) is 19.4. The molecule has 0 radical (unpaired) electrons. The van der Waals surface area contributed by atoms with Crippen LogP contribution >= 0.6 is 0 Å². The minimum Gasteiger partial charge on any atom is -0.478 e. The molecule has 178 valence electrons. The summed E-state index contributed by atoms with van der Waals surface area (Å²) in [5, 5.41) is 11.9. The standard InChI is InChI=1S/C28H26N2O5/c1-2-25(26(31)30-14-18-12-11-17(27(32)33)13-19(18)15-30)29-28(34)35-16-24-22-9-5-3-7-20(22)21-8-4-6-10-23(21)24/h3-13,24-25H,2,14-16H2,1H3,(H,29,34)(H,32,33). The molecule has 2 N–H and O–H groups in total. The highest BCUT2D eigenvalue weighted by Crippen LogP contribution is 2.44. The number of nitrogens with one attached hydrogen (secondary N) is 1. The van der Waals surface area contributed by atoms with Crippen molar-refractivity contribution in [3.8, 4) is 11.1 Å². The molecule has 3 aromatic carbocycles. The van der Waals surface area contributed by atoms with Crippen molar-refractivity contribution in [2.75, 3.05) is 6.61 Å². The van der Waals surface area contributed by atoms with Gasteiger partial charge in [0, 0.05) is 19.0 Å². The molecule has 1 heterocycles. The predicted octanol–water partition coefficient (Wildman–Crippen LogP) is 4.54. The van der Waals surface area contributed by atoms with Crippen LogP contribution in [-0.4, -0.2) is 40.6 Å². The lowest BCUT2D eigenvalue weighted by Gasteiger charge is -2.23. The van der Waals surface area contributed by atoms with Crippen LogP contribution in [0.15, 0.2) is 66.7 Å². The smallest absolute Gasteiger partial charge is 0.407 e. The Bertz CT molecular complexity index is 1270. The summed E-state index contributed by atoms with van der Waals surface area (Å²) in [6.45, 7) is 2.71. The van der Waals surface area contributed by atoms with Gasteiger partial charge in [0.15, 0.2) is 0 Å². The number of hydrogen-bond acceptors (Lipinski definition) is 4. The minimum absolute atomic E-state index is 0.0551. The number of carbonyl (C=O) groups is 3. The molecule has 0 saturated heterocycles. The lowest BCUT2D eigenvalue weighted by atomic mass is 9.98. The van der Waals surface area contributed by atoms with Gasteiger partial charge in [-0.25, -0.2) is 9.59 Å². The molecule has 35 heavy (non-hydrogen) atoms. The van der Waals surface area contributed by atoms with E-state index in [0.29, 0.717) is 19.5 Å². The lowest BCUT2D eigenvalue weighted by molar-refractivity contribution is -0.134. The van der Waals surface area contributed by atoms with Gasteiger partial charge in [-0.15, -0.1) is 0 Å². The summed E-state index contributed by atoms with van der Waals surface area (Å²) in [6, 6.07) is 20.4. The maximum atomic E-state index is 13.1. The van der Waals surface area contributed by atoms with E-state index in [1.54, 1.807) is 23.1 Å². The van der Waals surface area contributed by atoms with E-state index in [1.165, 1.54) is 0 Å². The van der Waals surface area contributed by atoms with E-state index in [2.05, 4.69) is 29.6 Å². The molecule has 1 atom stereocenters. The van der Waals surface area contributed by atoms with Crippen LogP contribution in [0.5, 0.6) is 0 Å². The van der Waals surface area contributed by atoms with Crippen LogP contribution in [0.1, 0.15) is 51.9 Å². The highest BCUT2D eigenvalue weighted by atomic mass is 16.5. The molecule has 1 unspecified atom stereocenters. The summed E-state index contributed by atoms with van der Waals surface area (Å²) in [5.74, 6) is -1.27. The molecule has 5 rings (SSSR count). The summed E-state index contributed by atoms with van der Waals surface area (Å²) in [5.41, 5.74) is 6.48. The largest absolute Gasteiger partial charge is 0.478 e. The second-order valence-electron chi connectivity index (χ2n) is 8.91. The first kappa shape index (κ1) is 22.7. The van der Waals surface area contributed by atoms with Gasteiger partial charge in [-0.2, -0.15) is 0 Å². The van der Waals surface area contributed by atoms with Gasteiger partial charge in [-0.3, -0.25) is 4.79 Å². The first-order valence-electron chi connectivity index (χ1n) is 11.7. The Hall–Kier alpha value is -4.13. The van der Waals surface area contributed by atoms with Gasteiger partial charge in [0.2, 0.25) is 5.91 Å². The van der Waals surface area contributed by atoms with Crippen LogP contribution in [-0.2, 0) is 22.6 Å². The van der Waals surface area contributed by atoms with Crippen LogP contribution < -0.4 is 5.32 Å². The molecule has 2 amide bonds. The minimum atomic E-state index is -0.999. The lowest BCUT2D eigenvalue weighted by Crippen LogP contribution is -2.47. The SMILES string of the molecule is CCC(NC(=O)OCC1c2ccccc2-c2ccccc21)C(=O)N1Cc2ccc(C(=O)O)cc2C1. The molecule has 0 fully saturated rings. The van der Waals surface area contributed by atoms with Gasteiger partial charge in [0.25, 0.3) is 0 Å². The normalized spacial score (nSPS) is 14.6. The number of carbonyl (C=O) groups excluding carboxylic acids is 2. The van der Waals surface area contributed by atoms with E-state index in [1.807, 2.05) is 31.2 Å². The number of alkyl carbamates (subject to hydrolysis) is 1. The van der Waals surface area contributed by atoms with Gasteiger partial charge in [0.1, 0.15) is 12.6 Å². The maximum absolute atomic E-state index is 13.1. The van der Waals surface area contributed by atoms with Gasteiger partial charge >= 0.3 is 12.1 Å². The molecule has 0 aromatic heterocycles. The highest BCUT2D eigenvalue weighted by molar-refractivity contribution is 5.89. The molecule has 7 heteroatoms. The third-order valence-corrected chi connectivity index (χ3v) is 6.83. The fraction of sp³-hybridized carbons (Fsp3) is 0.250. The quantitative estimate of drug-likeness (QED) is 0.551. The van der Waals surface area contributed by atoms with Crippen molar-refractivity contribution in [1.82, 2.24) is 10.2 Å². The number of ether oxygens (including phenoxy) is 1. The molecule has 1 aliphatic heterocycles. The van der Waals surface area contributed by atoms with Gasteiger partial charge in [-0.05, 0) is 51.9 Å². The second-order valence-corrected chi connectivity index (χ2v) is 8.91. The third-order valence-electron chi connectivity index (χ3n) is 6.83. The summed E-state index contributed by atoms with van der Waals surface area (Å²) in [6.07, 6.45) is -0.215. The number of hydrogen-bond donors (Lipinski definition) is 2. The second kappa shape index (κ2) is 9.25. The summed E-state index contributed by atoms with van der Waals surface area (Å²) in [4.78, 5) is 38.7. The predicted molar refractivity (Wildman–Crippen MR) is 130 cm³/mol. The van der Waals surface area contributed by atoms with Crippen molar-refractivity contribution in [2.24, 2.45) is 0 Å². The van der Waals surface area contributed by atoms with Crippen LogP contribution in [0.2, 0.25) is 0 Å². The first-order chi connectivity index (χ1) is 17.0.